The van der Waals surface area contributed by atoms with Crippen LogP contribution >= 0.6 is 35.3 Å². The summed E-state index contributed by atoms with van der Waals surface area (Å²) < 4.78 is 0. The van der Waals surface area contributed by atoms with E-state index in [1.54, 1.807) is 11.3 Å². The monoisotopic (exact) mass is 422 g/mol. The van der Waals surface area contributed by atoms with Gasteiger partial charge in [0, 0.05) is 25.0 Å². The summed E-state index contributed by atoms with van der Waals surface area (Å²) in [7, 11) is 2.08. The lowest BCUT2D eigenvalue weighted by Crippen LogP contribution is -2.39. The lowest BCUT2D eigenvalue weighted by Gasteiger charge is -2.21. The third-order valence-corrected chi connectivity index (χ3v) is 4.03. The van der Waals surface area contributed by atoms with Gasteiger partial charge in [0.25, 0.3) is 0 Å². The summed E-state index contributed by atoms with van der Waals surface area (Å²) in [6, 6.07) is 0. The standard InChI is InChI=1S/C15H26N4S.HI/c1-6-8-9-10-19(5)15(16-7-2)17-11-14-12(3)18-13(4)20-14;/h6H,1,7-11H2,2-5H3,(H,16,17);1H. The molecule has 0 atom stereocenters. The molecule has 4 nitrogen and oxygen atoms in total. The Kier molecular flexibility index (Phi) is 10.7. The highest BCUT2D eigenvalue weighted by Gasteiger charge is 2.07. The van der Waals surface area contributed by atoms with Crippen molar-refractivity contribution in [1.29, 1.82) is 0 Å². The number of nitrogens with zero attached hydrogens (tertiary/aromatic N) is 3. The zero-order chi connectivity index (χ0) is 15.0. The minimum Gasteiger partial charge on any atom is -0.357 e. The molecule has 0 radical (unpaired) electrons. The van der Waals surface area contributed by atoms with Crippen LogP contribution in [0.2, 0.25) is 0 Å². The summed E-state index contributed by atoms with van der Waals surface area (Å²) >= 11 is 1.73. The average Bonchev–Trinajstić information content (AvgIpc) is 2.73. The van der Waals surface area contributed by atoms with Crippen LogP contribution in [0.1, 0.15) is 35.3 Å². The van der Waals surface area contributed by atoms with Crippen LogP contribution in [0.25, 0.3) is 0 Å². The van der Waals surface area contributed by atoms with E-state index in [1.807, 2.05) is 13.0 Å². The van der Waals surface area contributed by atoms with Gasteiger partial charge in [-0.05, 0) is 33.6 Å². The number of allylic oxidation sites excluding steroid dienone is 1. The van der Waals surface area contributed by atoms with Gasteiger partial charge in [-0.2, -0.15) is 0 Å². The van der Waals surface area contributed by atoms with Crippen molar-refractivity contribution < 1.29 is 0 Å². The fourth-order valence-corrected chi connectivity index (χ4v) is 2.78. The number of hydrogen-bond donors (Lipinski definition) is 1. The van der Waals surface area contributed by atoms with E-state index in [4.69, 9.17) is 4.99 Å². The first kappa shape index (κ1) is 20.4. The quantitative estimate of drug-likeness (QED) is 0.239. The molecule has 0 aromatic carbocycles. The highest BCUT2D eigenvalue weighted by molar-refractivity contribution is 14.0. The Hall–Kier alpha value is -0.630. The molecule has 1 heterocycles. The zero-order valence-electron chi connectivity index (χ0n) is 13.5. The molecule has 0 spiro atoms. The smallest absolute Gasteiger partial charge is 0.194 e. The minimum atomic E-state index is 0. The molecule has 6 heteroatoms. The molecule has 120 valence electrons. The normalized spacial score (nSPS) is 11.0. The number of rotatable bonds is 7. The van der Waals surface area contributed by atoms with Gasteiger partial charge in [0.1, 0.15) is 0 Å². The second-order valence-electron chi connectivity index (χ2n) is 4.76. The van der Waals surface area contributed by atoms with Crippen LogP contribution in [0.4, 0.5) is 0 Å². The van der Waals surface area contributed by atoms with Crippen LogP contribution < -0.4 is 5.32 Å². The maximum atomic E-state index is 4.71. The van der Waals surface area contributed by atoms with Crippen LogP contribution in [0.15, 0.2) is 17.6 Å². The van der Waals surface area contributed by atoms with E-state index in [2.05, 4.69) is 42.7 Å². The summed E-state index contributed by atoms with van der Waals surface area (Å²) in [4.78, 5) is 12.6. The summed E-state index contributed by atoms with van der Waals surface area (Å²) in [5.41, 5.74) is 1.10. The third-order valence-electron chi connectivity index (χ3n) is 2.97. The molecule has 0 unspecified atom stereocenters. The van der Waals surface area contributed by atoms with Gasteiger partial charge in [0.15, 0.2) is 5.96 Å². The number of halogens is 1. The molecule has 1 aromatic rings. The molecule has 0 aliphatic rings. The zero-order valence-corrected chi connectivity index (χ0v) is 16.6. The second-order valence-corrected chi connectivity index (χ2v) is 6.05. The van der Waals surface area contributed by atoms with Crippen molar-refractivity contribution in [3.05, 3.63) is 28.2 Å². The Morgan fingerprint density at radius 3 is 2.71 bits per heavy atom. The highest BCUT2D eigenvalue weighted by Crippen LogP contribution is 2.17. The van der Waals surface area contributed by atoms with Crippen molar-refractivity contribution in [2.45, 2.75) is 40.2 Å². The van der Waals surface area contributed by atoms with E-state index in [0.29, 0.717) is 6.54 Å². The van der Waals surface area contributed by atoms with Crippen molar-refractivity contribution >= 4 is 41.3 Å². The fraction of sp³-hybridized carbons (Fsp3) is 0.600. The SMILES string of the molecule is C=CCCCN(C)C(=NCc1sc(C)nc1C)NCC.I. The van der Waals surface area contributed by atoms with E-state index in [-0.39, 0.29) is 24.0 Å². The number of aliphatic imine (C=N–C) groups is 1. The molecule has 0 amide bonds. The van der Waals surface area contributed by atoms with E-state index in [9.17, 15) is 0 Å². The van der Waals surface area contributed by atoms with Gasteiger partial charge >= 0.3 is 0 Å². The number of hydrogen-bond acceptors (Lipinski definition) is 3. The molecule has 0 fully saturated rings. The van der Waals surface area contributed by atoms with Gasteiger partial charge in [-0.3, -0.25) is 0 Å². The highest BCUT2D eigenvalue weighted by atomic mass is 127. The van der Waals surface area contributed by atoms with Gasteiger partial charge in [-0.15, -0.1) is 41.9 Å². The largest absolute Gasteiger partial charge is 0.357 e. The summed E-state index contributed by atoms with van der Waals surface area (Å²) in [5.74, 6) is 0.960. The van der Waals surface area contributed by atoms with Crippen molar-refractivity contribution in [2.24, 2.45) is 4.99 Å². The predicted octanol–water partition coefficient (Wildman–Crippen LogP) is 3.74. The molecule has 0 saturated heterocycles. The number of unbranched alkanes of at least 4 members (excludes halogenated alkanes) is 1. The minimum absolute atomic E-state index is 0. The first-order valence-electron chi connectivity index (χ1n) is 7.11. The van der Waals surface area contributed by atoms with Gasteiger partial charge in [-0.1, -0.05) is 6.08 Å². The Morgan fingerprint density at radius 1 is 1.48 bits per heavy atom. The molecule has 0 aliphatic carbocycles. The Morgan fingerprint density at radius 2 is 2.19 bits per heavy atom. The maximum absolute atomic E-state index is 4.71. The Balaban J connectivity index is 0.00000400. The van der Waals surface area contributed by atoms with Crippen LogP contribution in [0.5, 0.6) is 0 Å². The molecule has 1 aromatic heterocycles. The topological polar surface area (TPSA) is 40.5 Å². The predicted molar refractivity (Wildman–Crippen MR) is 104 cm³/mol. The van der Waals surface area contributed by atoms with Gasteiger partial charge in [0.2, 0.25) is 0 Å². The molecule has 1 rings (SSSR count). The van der Waals surface area contributed by atoms with Crippen molar-refractivity contribution in [1.82, 2.24) is 15.2 Å². The summed E-state index contributed by atoms with van der Waals surface area (Å²) in [6.07, 6.45) is 4.10. The number of aryl methyl sites for hydroxylation is 2. The first-order chi connectivity index (χ1) is 9.58. The third kappa shape index (κ3) is 7.26. The van der Waals surface area contributed by atoms with Crippen LogP contribution in [-0.4, -0.2) is 36.0 Å². The van der Waals surface area contributed by atoms with Crippen molar-refractivity contribution in [3.8, 4) is 0 Å². The molecule has 1 N–H and O–H groups in total. The fourth-order valence-electron chi connectivity index (χ4n) is 1.92. The number of nitrogens with one attached hydrogen (secondary N) is 1. The van der Waals surface area contributed by atoms with Crippen LogP contribution in [0, 0.1) is 13.8 Å². The van der Waals surface area contributed by atoms with Crippen LogP contribution in [0.3, 0.4) is 0 Å². The van der Waals surface area contributed by atoms with Crippen molar-refractivity contribution in [3.63, 3.8) is 0 Å². The lowest BCUT2D eigenvalue weighted by atomic mass is 10.3. The van der Waals surface area contributed by atoms with Crippen LogP contribution in [-0.2, 0) is 6.54 Å². The number of guanidine groups is 1. The maximum Gasteiger partial charge on any atom is 0.194 e. The average molecular weight is 422 g/mol. The molecule has 0 bridgehead atoms. The lowest BCUT2D eigenvalue weighted by molar-refractivity contribution is 0.470. The van der Waals surface area contributed by atoms with E-state index in [0.717, 1.165) is 42.6 Å². The van der Waals surface area contributed by atoms with E-state index in [1.165, 1.54) is 4.88 Å². The van der Waals surface area contributed by atoms with Gasteiger partial charge < -0.3 is 10.2 Å². The molecule has 0 saturated carbocycles. The molecule has 21 heavy (non-hydrogen) atoms. The summed E-state index contributed by atoms with van der Waals surface area (Å²) in [6.45, 7) is 12.5. The number of aromatic nitrogens is 1. The first-order valence-corrected chi connectivity index (χ1v) is 7.93. The van der Waals surface area contributed by atoms with E-state index >= 15 is 0 Å². The molecule has 0 aliphatic heterocycles. The Bertz CT molecular complexity index is 457. The van der Waals surface area contributed by atoms with E-state index < -0.39 is 0 Å². The summed E-state index contributed by atoms with van der Waals surface area (Å²) in [5, 5.41) is 4.45. The Labute approximate surface area is 149 Å². The van der Waals surface area contributed by atoms with Crippen molar-refractivity contribution in [2.75, 3.05) is 20.1 Å². The van der Waals surface area contributed by atoms with Gasteiger partial charge in [-0.25, -0.2) is 9.98 Å². The number of thiazole rings is 1. The second kappa shape index (κ2) is 11.0. The van der Waals surface area contributed by atoms with Gasteiger partial charge in [0.05, 0.1) is 17.2 Å². The molecular weight excluding hydrogens is 395 g/mol. The molecular formula is C15H27IN4S.